The fraction of sp³-hybridized carbons (Fsp3) is 0.222. The van der Waals surface area contributed by atoms with E-state index >= 15 is 0 Å². The zero-order chi connectivity index (χ0) is 19.2. The van der Waals surface area contributed by atoms with Crippen LogP contribution in [0.3, 0.4) is 0 Å². The van der Waals surface area contributed by atoms with Crippen molar-refractivity contribution in [2.24, 2.45) is 0 Å². The van der Waals surface area contributed by atoms with E-state index in [1.807, 2.05) is 16.7 Å². The third-order valence-corrected chi connectivity index (χ3v) is 4.96. The molecule has 0 aliphatic carbocycles. The van der Waals surface area contributed by atoms with Crippen molar-refractivity contribution in [3.8, 4) is 5.75 Å². The molecule has 7 nitrogen and oxygen atoms in total. The number of fused-ring (bicyclic) bond motifs is 1. The van der Waals surface area contributed by atoms with Crippen molar-refractivity contribution in [1.82, 2.24) is 19.7 Å². The molecule has 0 amide bonds. The number of pyridine rings is 1. The van der Waals surface area contributed by atoms with E-state index in [0.717, 1.165) is 5.39 Å². The molecule has 0 saturated heterocycles. The van der Waals surface area contributed by atoms with Gasteiger partial charge >= 0.3 is 5.97 Å². The van der Waals surface area contributed by atoms with Crippen LogP contribution in [0.5, 0.6) is 5.75 Å². The van der Waals surface area contributed by atoms with Gasteiger partial charge in [-0.05, 0) is 24.3 Å². The van der Waals surface area contributed by atoms with Gasteiger partial charge in [0.15, 0.2) is 11.0 Å². The fourth-order valence-electron chi connectivity index (χ4n) is 2.40. The highest BCUT2D eigenvalue weighted by Gasteiger charge is 2.15. The second-order valence-corrected chi connectivity index (χ2v) is 6.75. The van der Waals surface area contributed by atoms with Crippen LogP contribution >= 0.6 is 23.4 Å². The van der Waals surface area contributed by atoms with Gasteiger partial charge in [-0.1, -0.05) is 29.4 Å². The van der Waals surface area contributed by atoms with Crippen LogP contribution in [-0.2, 0) is 22.7 Å². The van der Waals surface area contributed by atoms with E-state index in [9.17, 15) is 4.79 Å². The van der Waals surface area contributed by atoms with Crippen LogP contribution in [0, 0.1) is 0 Å². The normalized spacial score (nSPS) is 10.7. The third kappa shape index (κ3) is 4.40. The molecule has 0 radical (unpaired) electrons. The molecule has 0 N–H and O–H groups in total. The first-order valence-corrected chi connectivity index (χ1v) is 9.39. The van der Waals surface area contributed by atoms with Gasteiger partial charge in [-0.2, -0.15) is 0 Å². The summed E-state index contributed by atoms with van der Waals surface area (Å²) in [5, 5.41) is 10.3. The van der Waals surface area contributed by atoms with Crippen LogP contribution in [-0.4, -0.2) is 38.6 Å². The number of carbonyl (C=O) groups is 1. The van der Waals surface area contributed by atoms with Gasteiger partial charge in [-0.15, -0.1) is 16.8 Å². The Balaban J connectivity index is 1.80. The number of halogens is 1. The zero-order valence-electron chi connectivity index (χ0n) is 14.6. The summed E-state index contributed by atoms with van der Waals surface area (Å²) in [6, 6.07) is 7.26. The van der Waals surface area contributed by atoms with Crippen molar-refractivity contribution < 1.29 is 14.3 Å². The van der Waals surface area contributed by atoms with Crippen molar-refractivity contribution in [1.29, 1.82) is 0 Å². The van der Waals surface area contributed by atoms with E-state index in [1.165, 1.54) is 18.9 Å². The molecule has 0 spiro atoms. The molecule has 0 aliphatic heterocycles. The molecular formula is C18H17ClN4O3S. The van der Waals surface area contributed by atoms with E-state index in [2.05, 4.69) is 26.5 Å². The van der Waals surface area contributed by atoms with E-state index in [4.69, 9.17) is 16.3 Å². The lowest BCUT2D eigenvalue weighted by molar-refractivity contribution is -0.137. The number of allylic oxidation sites excluding steroid dienone is 1. The molecule has 2 aromatic heterocycles. The minimum Gasteiger partial charge on any atom is -0.483 e. The summed E-state index contributed by atoms with van der Waals surface area (Å²) in [5.41, 5.74) is 0.681. The number of nitrogens with zero attached hydrogens (tertiary/aromatic N) is 4. The number of carbonyl (C=O) groups excluding carboxylic acids is 1. The quantitative estimate of drug-likeness (QED) is 0.323. The molecular weight excluding hydrogens is 388 g/mol. The van der Waals surface area contributed by atoms with Crippen LogP contribution < -0.4 is 4.74 Å². The number of hydrogen-bond donors (Lipinski definition) is 0. The second-order valence-electron chi connectivity index (χ2n) is 5.40. The minimum atomic E-state index is -0.329. The summed E-state index contributed by atoms with van der Waals surface area (Å²) < 4.78 is 12.4. The van der Waals surface area contributed by atoms with Gasteiger partial charge in [0.25, 0.3) is 0 Å². The fourth-order valence-corrected chi connectivity index (χ4v) is 3.41. The Morgan fingerprint density at radius 1 is 1.37 bits per heavy atom. The van der Waals surface area contributed by atoms with Gasteiger partial charge in [0, 0.05) is 18.1 Å². The molecule has 27 heavy (non-hydrogen) atoms. The Bertz CT molecular complexity index is 976. The zero-order valence-corrected chi connectivity index (χ0v) is 16.2. The number of aromatic nitrogens is 4. The number of thioether (sulfide) groups is 1. The van der Waals surface area contributed by atoms with Crippen LogP contribution in [0.2, 0.25) is 5.02 Å². The van der Waals surface area contributed by atoms with Gasteiger partial charge in [0.2, 0.25) is 0 Å². The maximum Gasteiger partial charge on any atom is 0.316 e. The summed E-state index contributed by atoms with van der Waals surface area (Å²) in [6.45, 7) is 4.44. The molecule has 0 unspecified atom stereocenters. The van der Waals surface area contributed by atoms with E-state index < -0.39 is 0 Å². The predicted molar refractivity (Wildman–Crippen MR) is 104 cm³/mol. The number of rotatable bonds is 8. The number of ether oxygens (including phenoxy) is 2. The smallest absolute Gasteiger partial charge is 0.316 e. The van der Waals surface area contributed by atoms with E-state index in [0.29, 0.717) is 33.8 Å². The Labute approximate surface area is 165 Å². The Morgan fingerprint density at radius 3 is 3.00 bits per heavy atom. The molecule has 0 bridgehead atoms. The van der Waals surface area contributed by atoms with Crippen molar-refractivity contribution >= 4 is 40.2 Å². The topological polar surface area (TPSA) is 79.1 Å². The highest BCUT2D eigenvalue weighted by Crippen LogP contribution is 2.30. The van der Waals surface area contributed by atoms with Crippen LogP contribution in [0.15, 0.2) is 48.3 Å². The van der Waals surface area contributed by atoms with Gasteiger partial charge < -0.3 is 9.47 Å². The van der Waals surface area contributed by atoms with Crippen molar-refractivity contribution in [2.45, 2.75) is 18.3 Å². The van der Waals surface area contributed by atoms with Crippen molar-refractivity contribution in [3.63, 3.8) is 0 Å². The minimum absolute atomic E-state index is 0.151. The first kappa shape index (κ1) is 19.2. The number of methoxy groups -OCH3 is 1. The highest BCUT2D eigenvalue weighted by molar-refractivity contribution is 7.99. The second kappa shape index (κ2) is 8.88. The summed E-state index contributed by atoms with van der Waals surface area (Å²) >= 11 is 7.46. The third-order valence-electron chi connectivity index (χ3n) is 3.69. The summed E-state index contributed by atoms with van der Waals surface area (Å²) in [6.07, 6.45) is 3.42. The maximum absolute atomic E-state index is 11.4. The number of benzene rings is 1. The first-order chi connectivity index (χ1) is 13.1. The molecule has 9 heteroatoms. The summed E-state index contributed by atoms with van der Waals surface area (Å²) in [5.74, 6) is 1.04. The standard InChI is InChI=1S/C18H17ClN4O3S/c1-3-9-23-15(21-22-18(23)27-11-16(24)25-2)10-26-14-7-6-13(19)12-5-4-8-20-17(12)14/h3-8H,1,9-11H2,2H3. The highest BCUT2D eigenvalue weighted by atomic mass is 35.5. The van der Waals surface area contributed by atoms with Gasteiger partial charge in [-0.25, -0.2) is 0 Å². The molecule has 3 rings (SSSR count). The molecule has 0 aliphatic rings. The summed E-state index contributed by atoms with van der Waals surface area (Å²) in [4.78, 5) is 15.7. The van der Waals surface area contributed by atoms with Crippen LogP contribution in [0.4, 0.5) is 0 Å². The van der Waals surface area contributed by atoms with Gasteiger partial charge in [0.1, 0.15) is 17.9 Å². The molecule has 3 aromatic rings. The average molecular weight is 405 g/mol. The maximum atomic E-state index is 11.4. The van der Waals surface area contributed by atoms with Crippen molar-refractivity contribution in [2.75, 3.05) is 12.9 Å². The van der Waals surface area contributed by atoms with Crippen LogP contribution in [0.25, 0.3) is 10.9 Å². The first-order valence-electron chi connectivity index (χ1n) is 8.02. The molecule has 1 aromatic carbocycles. The lowest BCUT2D eigenvalue weighted by atomic mass is 10.2. The SMILES string of the molecule is C=CCn1c(COc2ccc(Cl)c3cccnc23)nnc1SCC(=O)OC. The van der Waals surface area contributed by atoms with E-state index in [-0.39, 0.29) is 18.3 Å². The predicted octanol–water partition coefficient (Wildman–Crippen LogP) is 3.51. The Morgan fingerprint density at radius 2 is 2.22 bits per heavy atom. The Hall–Kier alpha value is -2.58. The summed E-state index contributed by atoms with van der Waals surface area (Å²) in [7, 11) is 1.35. The van der Waals surface area contributed by atoms with Gasteiger partial charge in [-0.3, -0.25) is 14.3 Å². The Kier molecular flexibility index (Phi) is 6.31. The van der Waals surface area contributed by atoms with Crippen molar-refractivity contribution in [3.05, 3.63) is 54.0 Å². The average Bonchev–Trinajstić information content (AvgIpc) is 3.08. The van der Waals surface area contributed by atoms with E-state index in [1.54, 1.807) is 24.4 Å². The number of hydrogen-bond acceptors (Lipinski definition) is 7. The monoisotopic (exact) mass is 404 g/mol. The van der Waals surface area contributed by atoms with Gasteiger partial charge in [0.05, 0.1) is 17.9 Å². The largest absolute Gasteiger partial charge is 0.483 e. The number of esters is 1. The molecule has 140 valence electrons. The van der Waals surface area contributed by atoms with Crippen LogP contribution in [0.1, 0.15) is 5.82 Å². The lowest BCUT2D eigenvalue weighted by Crippen LogP contribution is -2.09. The molecule has 0 saturated carbocycles. The lowest BCUT2D eigenvalue weighted by Gasteiger charge is -2.11. The molecule has 0 atom stereocenters. The molecule has 0 fully saturated rings. The molecule has 2 heterocycles.